The Morgan fingerprint density at radius 1 is 0.967 bits per heavy atom. The van der Waals surface area contributed by atoms with E-state index in [2.05, 4.69) is 29.4 Å². The highest BCUT2D eigenvalue weighted by Crippen LogP contribution is 2.47. The summed E-state index contributed by atoms with van der Waals surface area (Å²) in [5, 5.41) is 13.6. The van der Waals surface area contributed by atoms with Crippen LogP contribution in [0.4, 0.5) is 5.95 Å². The number of carbonyl (C=O) groups excluding carboxylic acids is 1. The normalized spacial score (nSPS) is 19.9. The van der Waals surface area contributed by atoms with E-state index in [1.807, 2.05) is 53.1 Å². The maximum Gasteiger partial charge on any atom is 0.229 e. The Labute approximate surface area is 184 Å². The highest BCUT2D eigenvalue weighted by atomic mass is 35.5. The number of anilines is 1. The van der Waals surface area contributed by atoms with Crippen molar-refractivity contribution in [2.24, 2.45) is 5.41 Å². The average Bonchev–Trinajstić information content (AvgIpc) is 3.10. The van der Waals surface area contributed by atoms with Crippen molar-refractivity contribution in [1.82, 2.24) is 14.8 Å². The molecule has 0 saturated heterocycles. The van der Waals surface area contributed by atoms with Crippen LogP contribution in [0.15, 0.2) is 59.8 Å². The average molecular weight is 439 g/mol. The predicted octanol–water partition coefficient (Wildman–Crippen LogP) is 5.91. The summed E-state index contributed by atoms with van der Waals surface area (Å²) in [7, 11) is 0. The summed E-state index contributed by atoms with van der Waals surface area (Å²) in [5.41, 5.74) is 3.46. The molecule has 0 spiro atoms. The predicted molar refractivity (Wildman–Crippen MR) is 119 cm³/mol. The van der Waals surface area contributed by atoms with E-state index in [1.165, 1.54) is 0 Å². The first-order valence-electron chi connectivity index (χ1n) is 9.82. The molecule has 3 aromatic rings. The number of nitrogens with zero attached hydrogens (tertiary/aromatic N) is 3. The molecule has 1 unspecified atom stereocenters. The van der Waals surface area contributed by atoms with Gasteiger partial charge in [-0.2, -0.15) is 0 Å². The number of hydrogen-bond donors (Lipinski definition) is 1. The first-order chi connectivity index (χ1) is 14.3. The number of benzene rings is 2. The lowest BCUT2D eigenvalue weighted by molar-refractivity contribution is -0.118. The molecular formula is C23H20Cl2N4O. The number of carbonyl (C=O) groups is 1. The second-order valence-corrected chi connectivity index (χ2v) is 9.51. The first-order valence-corrected chi connectivity index (χ1v) is 10.6. The van der Waals surface area contributed by atoms with E-state index in [0.717, 1.165) is 28.8 Å². The molecule has 5 rings (SSSR count). The fraction of sp³-hybridized carbons (Fsp3) is 0.261. The smallest absolute Gasteiger partial charge is 0.229 e. The van der Waals surface area contributed by atoms with Crippen LogP contribution < -0.4 is 5.32 Å². The second-order valence-electron chi connectivity index (χ2n) is 8.64. The van der Waals surface area contributed by atoms with Crippen LogP contribution in [0.3, 0.4) is 0 Å². The molecule has 0 amide bonds. The Bertz CT molecular complexity index is 1180. The molecule has 30 heavy (non-hydrogen) atoms. The third-order valence-corrected chi connectivity index (χ3v) is 6.20. The molecule has 1 aliphatic heterocycles. The van der Waals surface area contributed by atoms with Gasteiger partial charge in [0.25, 0.3) is 0 Å². The fourth-order valence-corrected chi connectivity index (χ4v) is 4.66. The number of rotatable bonds is 2. The molecule has 0 saturated carbocycles. The van der Waals surface area contributed by atoms with E-state index < -0.39 is 0 Å². The van der Waals surface area contributed by atoms with Gasteiger partial charge in [0.05, 0.1) is 6.04 Å². The van der Waals surface area contributed by atoms with Gasteiger partial charge in [-0.25, -0.2) is 0 Å². The minimum absolute atomic E-state index is 0.103. The van der Waals surface area contributed by atoms with Gasteiger partial charge < -0.3 is 5.32 Å². The van der Waals surface area contributed by atoms with Crippen molar-refractivity contribution >= 4 is 34.9 Å². The van der Waals surface area contributed by atoms with Crippen LogP contribution in [0.5, 0.6) is 0 Å². The van der Waals surface area contributed by atoms with Gasteiger partial charge >= 0.3 is 0 Å². The summed E-state index contributed by atoms with van der Waals surface area (Å²) in [5.74, 6) is 1.46. The molecule has 2 aliphatic rings. The monoisotopic (exact) mass is 438 g/mol. The molecule has 1 N–H and O–H groups in total. The van der Waals surface area contributed by atoms with Gasteiger partial charge in [-0.1, -0.05) is 49.2 Å². The molecule has 7 heteroatoms. The number of Topliss-reactive ketones (excluding diaryl/α,β-unsaturated/α-hetero) is 1. The standard InChI is InChI=1S/C23H20Cl2N4O/c1-23(2)11-17-19(18(30)12-23)20(13-3-7-15(24)8-4-13)29-21(27-28-22(29)26-17)14-5-9-16(25)10-6-14/h3-10,20H,11-12H2,1-2H3,(H,26,28). The highest BCUT2D eigenvalue weighted by molar-refractivity contribution is 6.30. The number of ketones is 1. The van der Waals surface area contributed by atoms with Crippen LogP contribution >= 0.6 is 23.2 Å². The Morgan fingerprint density at radius 2 is 1.60 bits per heavy atom. The zero-order valence-electron chi connectivity index (χ0n) is 16.6. The molecule has 1 aliphatic carbocycles. The quantitative estimate of drug-likeness (QED) is 0.539. The second kappa shape index (κ2) is 6.96. The Hall–Kier alpha value is -2.63. The third kappa shape index (κ3) is 3.22. The van der Waals surface area contributed by atoms with Crippen molar-refractivity contribution in [2.45, 2.75) is 32.7 Å². The lowest BCUT2D eigenvalue weighted by atomic mass is 9.73. The molecule has 0 radical (unpaired) electrons. The Balaban J connectivity index is 1.73. The maximum absolute atomic E-state index is 13.3. The number of halogens is 2. The van der Waals surface area contributed by atoms with Crippen molar-refractivity contribution in [1.29, 1.82) is 0 Å². The van der Waals surface area contributed by atoms with E-state index in [-0.39, 0.29) is 17.2 Å². The van der Waals surface area contributed by atoms with Crippen LogP contribution in [-0.2, 0) is 4.79 Å². The fourth-order valence-electron chi connectivity index (χ4n) is 4.41. The summed E-state index contributed by atoms with van der Waals surface area (Å²) in [6.07, 6.45) is 1.28. The summed E-state index contributed by atoms with van der Waals surface area (Å²) >= 11 is 12.2. The minimum atomic E-state index is -0.321. The van der Waals surface area contributed by atoms with Gasteiger partial charge in [-0.05, 0) is 53.8 Å². The molecular weight excluding hydrogens is 419 g/mol. The topological polar surface area (TPSA) is 59.8 Å². The van der Waals surface area contributed by atoms with Gasteiger partial charge in [0, 0.05) is 33.3 Å². The van der Waals surface area contributed by atoms with Gasteiger partial charge in [0.15, 0.2) is 11.6 Å². The lowest BCUT2D eigenvalue weighted by Crippen LogP contribution is -2.36. The van der Waals surface area contributed by atoms with Gasteiger partial charge in [-0.3, -0.25) is 9.36 Å². The number of nitrogens with one attached hydrogen (secondary N) is 1. The number of hydrogen-bond acceptors (Lipinski definition) is 4. The van der Waals surface area contributed by atoms with Crippen molar-refractivity contribution in [3.05, 3.63) is 75.4 Å². The molecule has 0 bridgehead atoms. The van der Waals surface area contributed by atoms with Crippen LogP contribution in [0.1, 0.15) is 38.3 Å². The Morgan fingerprint density at radius 3 is 2.27 bits per heavy atom. The van der Waals surface area contributed by atoms with E-state index in [1.54, 1.807) is 0 Å². The summed E-state index contributed by atoms with van der Waals surface area (Å²) in [6.45, 7) is 4.23. The van der Waals surface area contributed by atoms with Crippen LogP contribution in [-0.4, -0.2) is 20.5 Å². The van der Waals surface area contributed by atoms with E-state index in [0.29, 0.717) is 28.2 Å². The molecule has 0 fully saturated rings. The van der Waals surface area contributed by atoms with Gasteiger partial charge in [0.2, 0.25) is 5.95 Å². The minimum Gasteiger partial charge on any atom is -0.327 e. The summed E-state index contributed by atoms with van der Waals surface area (Å²) < 4.78 is 2.00. The molecule has 1 aromatic heterocycles. The lowest BCUT2D eigenvalue weighted by Gasteiger charge is -2.39. The van der Waals surface area contributed by atoms with Crippen molar-refractivity contribution in [3.8, 4) is 11.4 Å². The maximum atomic E-state index is 13.3. The van der Waals surface area contributed by atoms with E-state index in [9.17, 15) is 4.79 Å². The number of aromatic nitrogens is 3. The molecule has 2 heterocycles. The third-order valence-electron chi connectivity index (χ3n) is 5.70. The molecule has 152 valence electrons. The van der Waals surface area contributed by atoms with Gasteiger partial charge in [0.1, 0.15) is 0 Å². The summed E-state index contributed by atoms with van der Waals surface area (Å²) in [4.78, 5) is 13.3. The molecule has 1 atom stereocenters. The molecule has 2 aromatic carbocycles. The van der Waals surface area contributed by atoms with Gasteiger partial charge in [-0.15, -0.1) is 10.2 Å². The number of fused-ring (bicyclic) bond motifs is 1. The highest BCUT2D eigenvalue weighted by Gasteiger charge is 2.42. The van der Waals surface area contributed by atoms with Crippen LogP contribution in [0.2, 0.25) is 10.0 Å². The molecule has 5 nitrogen and oxygen atoms in total. The SMILES string of the molecule is CC1(C)CC(=O)C2=C(C1)Nc1nnc(-c3ccc(Cl)cc3)n1C2c1ccc(Cl)cc1. The van der Waals surface area contributed by atoms with Crippen LogP contribution in [0.25, 0.3) is 11.4 Å². The van der Waals surface area contributed by atoms with Crippen molar-refractivity contribution in [3.63, 3.8) is 0 Å². The summed E-state index contributed by atoms with van der Waals surface area (Å²) in [6, 6.07) is 14.8. The first kappa shape index (κ1) is 19.3. The van der Waals surface area contributed by atoms with Crippen molar-refractivity contribution in [2.75, 3.05) is 5.32 Å². The van der Waals surface area contributed by atoms with Crippen LogP contribution in [0, 0.1) is 5.41 Å². The van der Waals surface area contributed by atoms with E-state index >= 15 is 0 Å². The largest absolute Gasteiger partial charge is 0.327 e. The van der Waals surface area contributed by atoms with Crippen molar-refractivity contribution < 1.29 is 4.79 Å². The van der Waals surface area contributed by atoms with E-state index in [4.69, 9.17) is 23.2 Å². The Kier molecular flexibility index (Phi) is 4.49. The zero-order valence-corrected chi connectivity index (χ0v) is 18.1. The zero-order chi connectivity index (χ0) is 21.0. The number of allylic oxidation sites excluding steroid dienone is 2.